The van der Waals surface area contributed by atoms with Gasteiger partial charge in [-0.25, -0.2) is 0 Å². The van der Waals surface area contributed by atoms with Crippen LogP contribution in [0.25, 0.3) is 0 Å². The minimum atomic E-state index is 0.234. The zero-order valence-corrected chi connectivity index (χ0v) is 7.78. The number of ether oxygens (including phenoxy) is 3. The Morgan fingerprint density at radius 3 is 3.07 bits per heavy atom. The van der Waals surface area contributed by atoms with Crippen LogP contribution in [-0.4, -0.2) is 20.2 Å². The number of benzene rings is 1. The molecule has 0 radical (unpaired) electrons. The zero-order chi connectivity index (χ0) is 9.97. The van der Waals surface area contributed by atoms with Crippen molar-refractivity contribution >= 4 is 6.29 Å². The second kappa shape index (κ2) is 3.67. The second-order valence-electron chi connectivity index (χ2n) is 2.93. The third kappa shape index (κ3) is 1.44. The molecule has 1 aromatic rings. The largest absolute Gasteiger partial charge is 0.496 e. The molecule has 0 aliphatic carbocycles. The summed E-state index contributed by atoms with van der Waals surface area (Å²) in [6.45, 7) is 0.725. The Morgan fingerprint density at radius 1 is 1.50 bits per heavy atom. The van der Waals surface area contributed by atoms with Crippen molar-refractivity contribution in [2.45, 2.75) is 6.61 Å². The van der Waals surface area contributed by atoms with Crippen molar-refractivity contribution in [2.75, 3.05) is 13.9 Å². The quantitative estimate of drug-likeness (QED) is 0.667. The van der Waals surface area contributed by atoms with Gasteiger partial charge in [-0.3, -0.25) is 4.79 Å². The smallest absolute Gasteiger partial charge is 0.189 e. The highest BCUT2D eigenvalue weighted by atomic mass is 16.7. The van der Waals surface area contributed by atoms with Gasteiger partial charge >= 0.3 is 0 Å². The summed E-state index contributed by atoms with van der Waals surface area (Å²) in [5.41, 5.74) is 1.40. The highest BCUT2D eigenvalue weighted by Crippen LogP contribution is 2.30. The van der Waals surface area contributed by atoms with Gasteiger partial charge in [0.1, 0.15) is 11.5 Å². The van der Waals surface area contributed by atoms with Crippen molar-refractivity contribution in [1.82, 2.24) is 0 Å². The van der Waals surface area contributed by atoms with Gasteiger partial charge in [0.2, 0.25) is 0 Å². The Labute approximate surface area is 81.4 Å². The number of hydrogen-bond acceptors (Lipinski definition) is 4. The van der Waals surface area contributed by atoms with E-state index >= 15 is 0 Å². The molecule has 4 nitrogen and oxygen atoms in total. The van der Waals surface area contributed by atoms with Gasteiger partial charge in [-0.05, 0) is 12.1 Å². The molecule has 0 fully saturated rings. The summed E-state index contributed by atoms with van der Waals surface area (Å²) >= 11 is 0. The van der Waals surface area contributed by atoms with Crippen LogP contribution in [0.2, 0.25) is 0 Å². The number of fused-ring (bicyclic) bond motifs is 1. The van der Waals surface area contributed by atoms with E-state index in [1.165, 1.54) is 7.11 Å². The average molecular weight is 194 g/mol. The van der Waals surface area contributed by atoms with Crippen molar-refractivity contribution in [3.8, 4) is 11.5 Å². The molecule has 0 unspecified atom stereocenters. The summed E-state index contributed by atoms with van der Waals surface area (Å²) < 4.78 is 15.4. The molecule has 0 bridgehead atoms. The minimum absolute atomic E-state index is 0.234. The topological polar surface area (TPSA) is 44.8 Å². The van der Waals surface area contributed by atoms with Crippen LogP contribution < -0.4 is 9.47 Å². The van der Waals surface area contributed by atoms with E-state index < -0.39 is 0 Å². The molecule has 0 atom stereocenters. The average Bonchev–Trinajstić information content (AvgIpc) is 2.27. The maximum atomic E-state index is 10.7. The summed E-state index contributed by atoms with van der Waals surface area (Å²) in [6.07, 6.45) is 0.748. The van der Waals surface area contributed by atoms with Crippen LogP contribution >= 0.6 is 0 Å². The number of rotatable bonds is 2. The molecule has 4 heteroatoms. The van der Waals surface area contributed by atoms with E-state index in [0.29, 0.717) is 23.7 Å². The molecule has 1 aromatic carbocycles. The number of carbonyl (C=O) groups excluding carboxylic acids is 1. The SMILES string of the molecule is COc1cc2c(cc1C=O)OCOC2. The minimum Gasteiger partial charge on any atom is -0.496 e. The van der Waals surface area contributed by atoms with E-state index in [1.807, 2.05) is 0 Å². The fourth-order valence-corrected chi connectivity index (χ4v) is 1.39. The van der Waals surface area contributed by atoms with Gasteiger partial charge in [-0.15, -0.1) is 0 Å². The predicted octanol–water partition coefficient (Wildman–Crippen LogP) is 1.37. The van der Waals surface area contributed by atoms with Crippen LogP contribution in [0.1, 0.15) is 15.9 Å². The molecule has 2 rings (SSSR count). The summed E-state index contributed by atoms with van der Waals surface area (Å²) in [5, 5.41) is 0. The highest BCUT2D eigenvalue weighted by molar-refractivity contribution is 5.80. The Hall–Kier alpha value is -1.55. The molecule has 0 aromatic heterocycles. The van der Waals surface area contributed by atoms with Gasteiger partial charge < -0.3 is 14.2 Å². The van der Waals surface area contributed by atoms with Crippen molar-refractivity contribution in [3.63, 3.8) is 0 Å². The van der Waals surface area contributed by atoms with E-state index in [0.717, 1.165) is 11.8 Å². The van der Waals surface area contributed by atoms with E-state index in [2.05, 4.69) is 0 Å². The van der Waals surface area contributed by atoms with Crippen molar-refractivity contribution in [1.29, 1.82) is 0 Å². The summed E-state index contributed by atoms with van der Waals surface area (Å²) in [7, 11) is 1.53. The maximum Gasteiger partial charge on any atom is 0.189 e. The van der Waals surface area contributed by atoms with Crippen molar-refractivity contribution < 1.29 is 19.0 Å². The molecule has 1 heterocycles. The molecule has 14 heavy (non-hydrogen) atoms. The van der Waals surface area contributed by atoms with E-state index in [1.54, 1.807) is 12.1 Å². The molecule has 1 aliphatic rings. The van der Waals surface area contributed by atoms with Crippen LogP contribution in [0.3, 0.4) is 0 Å². The first-order valence-corrected chi connectivity index (χ1v) is 4.22. The Bertz CT molecular complexity index is 359. The van der Waals surface area contributed by atoms with Crippen molar-refractivity contribution in [2.24, 2.45) is 0 Å². The number of hydrogen-bond donors (Lipinski definition) is 0. The van der Waals surface area contributed by atoms with E-state index in [-0.39, 0.29) is 6.79 Å². The molecule has 0 amide bonds. The lowest BCUT2D eigenvalue weighted by Gasteiger charge is -2.18. The predicted molar refractivity (Wildman–Crippen MR) is 48.7 cm³/mol. The lowest BCUT2D eigenvalue weighted by atomic mass is 10.1. The van der Waals surface area contributed by atoms with E-state index in [4.69, 9.17) is 14.2 Å². The van der Waals surface area contributed by atoms with Gasteiger partial charge in [0.25, 0.3) is 0 Å². The van der Waals surface area contributed by atoms with Crippen LogP contribution in [0.15, 0.2) is 12.1 Å². The summed E-state index contributed by atoms with van der Waals surface area (Å²) in [6, 6.07) is 3.43. The van der Waals surface area contributed by atoms with Crippen LogP contribution in [-0.2, 0) is 11.3 Å². The molecule has 0 saturated heterocycles. The standard InChI is InChI=1S/C10H10O4/c1-12-9-3-8-5-13-6-14-10(8)2-7(9)4-11/h2-4H,5-6H2,1H3. The summed E-state index contributed by atoms with van der Waals surface area (Å²) in [4.78, 5) is 10.7. The third-order valence-corrected chi connectivity index (χ3v) is 2.10. The van der Waals surface area contributed by atoms with Crippen LogP contribution in [0.4, 0.5) is 0 Å². The Balaban J connectivity index is 2.48. The lowest BCUT2D eigenvalue weighted by molar-refractivity contribution is -0.0165. The van der Waals surface area contributed by atoms with Crippen LogP contribution in [0, 0.1) is 0 Å². The lowest BCUT2D eigenvalue weighted by Crippen LogP contribution is -2.11. The van der Waals surface area contributed by atoms with E-state index in [9.17, 15) is 4.79 Å². The number of methoxy groups -OCH3 is 1. The van der Waals surface area contributed by atoms with Gasteiger partial charge in [-0.1, -0.05) is 0 Å². The van der Waals surface area contributed by atoms with Gasteiger partial charge in [0.05, 0.1) is 19.3 Å². The summed E-state index contributed by atoms with van der Waals surface area (Å²) in [5.74, 6) is 1.24. The number of carbonyl (C=O) groups is 1. The fourth-order valence-electron chi connectivity index (χ4n) is 1.39. The third-order valence-electron chi connectivity index (χ3n) is 2.10. The Morgan fingerprint density at radius 2 is 2.36 bits per heavy atom. The molecule has 0 N–H and O–H groups in total. The molecule has 1 aliphatic heterocycles. The van der Waals surface area contributed by atoms with Crippen LogP contribution in [0.5, 0.6) is 11.5 Å². The first kappa shape index (κ1) is 9.02. The molecule has 0 saturated carbocycles. The number of aldehydes is 1. The fraction of sp³-hybridized carbons (Fsp3) is 0.300. The molecule has 74 valence electrons. The normalized spacial score (nSPS) is 14.1. The molecular weight excluding hydrogens is 184 g/mol. The van der Waals surface area contributed by atoms with Gasteiger partial charge in [0.15, 0.2) is 13.1 Å². The zero-order valence-electron chi connectivity index (χ0n) is 7.78. The second-order valence-corrected chi connectivity index (χ2v) is 2.93. The highest BCUT2D eigenvalue weighted by Gasteiger charge is 2.14. The first-order valence-electron chi connectivity index (χ1n) is 4.22. The molecular formula is C10H10O4. The molecule has 0 spiro atoms. The first-order chi connectivity index (χ1) is 6.85. The van der Waals surface area contributed by atoms with Gasteiger partial charge in [0, 0.05) is 5.56 Å². The Kier molecular flexibility index (Phi) is 2.37. The maximum absolute atomic E-state index is 10.7. The van der Waals surface area contributed by atoms with Crippen molar-refractivity contribution in [3.05, 3.63) is 23.3 Å². The monoisotopic (exact) mass is 194 g/mol. The van der Waals surface area contributed by atoms with Gasteiger partial charge in [-0.2, -0.15) is 0 Å².